The van der Waals surface area contributed by atoms with Crippen LogP contribution < -0.4 is 0 Å². The predicted molar refractivity (Wildman–Crippen MR) is 88.8 cm³/mol. The highest BCUT2D eigenvalue weighted by Gasteiger charge is 2.55. The molecule has 0 unspecified atom stereocenters. The van der Waals surface area contributed by atoms with Gasteiger partial charge in [0.2, 0.25) is 5.91 Å². The van der Waals surface area contributed by atoms with Crippen LogP contribution in [-0.4, -0.2) is 29.0 Å². The van der Waals surface area contributed by atoms with Crippen LogP contribution >= 0.6 is 0 Å². The van der Waals surface area contributed by atoms with Gasteiger partial charge in [-0.15, -0.1) is 0 Å². The molecule has 124 valence electrons. The lowest BCUT2D eigenvalue weighted by Gasteiger charge is -2.26. The van der Waals surface area contributed by atoms with Crippen molar-refractivity contribution in [1.82, 2.24) is 4.90 Å². The minimum atomic E-state index is -0.976. The number of β-amino-alcohol motifs (C(OH)–C–C–N with tert-alkyl or cyclic N) is 1. The molecule has 2 aromatic rings. The summed E-state index contributed by atoms with van der Waals surface area (Å²) in [7, 11) is 0. The summed E-state index contributed by atoms with van der Waals surface area (Å²) in [6.45, 7) is 0.867. The Labute approximate surface area is 140 Å². The van der Waals surface area contributed by atoms with Gasteiger partial charge in [0.1, 0.15) is 11.4 Å². The number of hydrogen-bond donors (Lipinski definition) is 1. The first-order valence-electron chi connectivity index (χ1n) is 8.37. The van der Waals surface area contributed by atoms with E-state index in [4.69, 9.17) is 0 Å². The number of likely N-dealkylation sites (tertiary alicyclic amines) is 1. The second-order valence-electron chi connectivity index (χ2n) is 6.96. The predicted octanol–water partition coefficient (Wildman–Crippen LogP) is 2.98. The average Bonchev–Trinajstić information content (AvgIpc) is 3.32. The Balaban J connectivity index is 1.55. The molecule has 3 nitrogen and oxygen atoms in total. The monoisotopic (exact) mass is 325 g/mol. The van der Waals surface area contributed by atoms with Crippen molar-refractivity contribution in [3.8, 4) is 0 Å². The Kier molecular flexibility index (Phi) is 3.46. The van der Waals surface area contributed by atoms with E-state index < -0.39 is 11.0 Å². The number of amides is 1. The van der Waals surface area contributed by atoms with E-state index in [0.29, 0.717) is 19.5 Å². The van der Waals surface area contributed by atoms with Crippen LogP contribution in [0.15, 0.2) is 54.6 Å². The molecule has 4 heteroatoms. The zero-order chi connectivity index (χ0) is 16.8. The molecule has 2 fully saturated rings. The number of aliphatic hydroxyl groups is 1. The highest BCUT2D eigenvalue weighted by Crippen LogP contribution is 2.50. The van der Waals surface area contributed by atoms with Crippen LogP contribution in [0.4, 0.5) is 4.39 Å². The van der Waals surface area contributed by atoms with E-state index in [-0.39, 0.29) is 11.7 Å². The van der Waals surface area contributed by atoms with Crippen molar-refractivity contribution in [2.45, 2.75) is 30.3 Å². The highest BCUT2D eigenvalue weighted by molar-refractivity contribution is 5.91. The molecule has 1 saturated heterocycles. The van der Waals surface area contributed by atoms with Crippen LogP contribution in [0.25, 0.3) is 0 Å². The smallest absolute Gasteiger partial charge is 0.233 e. The number of halogens is 1. The first-order valence-corrected chi connectivity index (χ1v) is 8.37. The molecule has 1 heterocycles. The number of hydrogen-bond acceptors (Lipinski definition) is 2. The molecule has 1 N–H and O–H groups in total. The molecule has 0 bridgehead atoms. The molecular weight excluding hydrogens is 305 g/mol. The maximum absolute atomic E-state index is 13.2. The number of carbonyl (C=O) groups is 1. The summed E-state index contributed by atoms with van der Waals surface area (Å²) >= 11 is 0. The van der Waals surface area contributed by atoms with Crippen LogP contribution in [0.1, 0.15) is 30.4 Å². The average molecular weight is 325 g/mol. The lowest BCUT2D eigenvalue weighted by atomic mass is 9.92. The highest BCUT2D eigenvalue weighted by atomic mass is 19.1. The van der Waals surface area contributed by atoms with Gasteiger partial charge in [0, 0.05) is 6.54 Å². The van der Waals surface area contributed by atoms with Gasteiger partial charge in [-0.25, -0.2) is 4.39 Å². The van der Waals surface area contributed by atoms with Crippen molar-refractivity contribution >= 4 is 5.91 Å². The van der Waals surface area contributed by atoms with E-state index >= 15 is 0 Å². The van der Waals surface area contributed by atoms with Crippen molar-refractivity contribution in [3.63, 3.8) is 0 Å². The normalized spacial score (nSPS) is 24.8. The molecule has 24 heavy (non-hydrogen) atoms. The molecule has 1 amide bonds. The Hall–Kier alpha value is -2.20. The summed E-state index contributed by atoms with van der Waals surface area (Å²) in [5.41, 5.74) is 0.238. The van der Waals surface area contributed by atoms with E-state index in [2.05, 4.69) is 0 Å². The molecule has 2 aliphatic rings. The van der Waals surface area contributed by atoms with Crippen LogP contribution in [0.3, 0.4) is 0 Å². The first kappa shape index (κ1) is 15.3. The molecule has 1 aliphatic carbocycles. The Morgan fingerprint density at radius 1 is 0.958 bits per heavy atom. The minimum Gasteiger partial charge on any atom is -0.383 e. The SMILES string of the molecule is O=C(N1CC[C@](O)(c2ccccc2)C1)C1(c2ccc(F)cc2)CC1. The maximum atomic E-state index is 13.2. The summed E-state index contributed by atoms with van der Waals surface area (Å²) in [4.78, 5) is 14.8. The third-order valence-corrected chi connectivity index (χ3v) is 5.40. The van der Waals surface area contributed by atoms with Crippen molar-refractivity contribution in [3.05, 3.63) is 71.5 Å². The van der Waals surface area contributed by atoms with Gasteiger partial charge in [-0.05, 0) is 42.5 Å². The lowest BCUT2D eigenvalue weighted by molar-refractivity contribution is -0.134. The molecule has 1 atom stereocenters. The fourth-order valence-corrected chi connectivity index (χ4v) is 3.77. The van der Waals surface area contributed by atoms with Gasteiger partial charge in [-0.1, -0.05) is 42.5 Å². The van der Waals surface area contributed by atoms with Gasteiger partial charge >= 0.3 is 0 Å². The van der Waals surface area contributed by atoms with Gasteiger partial charge in [0.05, 0.1) is 12.0 Å². The van der Waals surface area contributed by atoms with Crippen LogP contribution in [0.2, 0.25) is 0 Å². The summed E-state index contributed by atoms with van der Waals surface area (Å²) in [5.74, 6) is -0.234. The van der Waals surface area contributed by atoms with Gasteiger partial charge in [0.25, 0.3) is 0 Å². The third-order valence-electron chi connectivity index (χ3n) is 5.40. The van der Waals surface area contributed by atoms with Gasteiger partial charge in [-0.3, -0.25) is 4.79 Å². The van der Waals surface area contributed by atoms with Crippen molar-refractivity contribution in [2.24, 2.45) is 0 Å². The Morgan fingerprint density at radius 2 is 1.62 bits per heavy atom. The molecule has 0 aromatic heterocycles. The van der Waals surface area contributed by atoms with Gasteiger partial charge in [0.15, 0.2) is 0 Å². The molecule has 0 radical (unpaired) electrons. The molecule has 4 rings (SSSR count). The number of rotatable bonds is 3. The quantitative estimate of drug-likeness (QED) is 0.942. The van der Waals surface area contributed by atoms with Crippen molar-refractivity contribution < 1.29 is 14.3 Å². The number of benzene rings is 2. The van der Waals surface area contributed by atoms with E-state index in [9.17, 15) is 14.3 Å². The maximum Gasteiger partial charge on any atom is 0.233 e. The molecule has 2 aromatic carbocycles. The summed E-state index contributed by atoms with van der Waals surface area (Å²) in [5, 5.41) is 10.9. The van der Waals surface area contributed by atoms with Gasteiger partial charge in [-0.2, -0.15) is 0 Å². The van der Waals surface area contributed by atoms with Crippen LogP contribution in [-0.2, 0) is 15.8 Å². The van der Waals surface area contributed by atoms with E-state index in [1.54, 1.807) is 17.0 Å². The lowest BCUT2D eigenvalue weighted by Crippen LogP contribution is -2.40. The number of carbonyl (C=O) groups excluding carboxylic acids is 1. The summed E-state index contributed by atoms with van der Waals surface area (Å²) in [6.07, 6.45) is 2.12. The molecule has 1 saturated carbocycles. The summed E-state index contributed by atoms with van der Waals surface area (Å²) < 4.78 is 13.2. The second kappa shape index (κ2) is 5.42. The molecular formula is C20H20FNO2. The van der Waals surface area contributed by atoms with Crippen LogP contribution in [0, 0.1) is 5.82 Å². The fraction of sp³-hybridized carbons (Fsp3) is 0.350. The number of nitrogens with zero attached hydrogens (tertiary/aromatic N) is 1. The third kappa shape index (κ3) is 2.42. The van der Waals surface area contributed by atoms with Gasteiger partial charge < -0.3 is 10.0 Å². The van der Waals surface area contributed by atoms with E-state index in [1.165, 1.54) is 12.1 Å². The molecule has 0 spiro atoms. The van der Waals surface area contributed by atoms with E-state index in [1.807, 2.05) is 30.3 Å². The molecule has 1 aliphatic heterocycles. The second-order valence-corrected chi connectivity index (χ2v) is 6.96. The Morgan fingerprint density at radius 3 is 2.25 bits per heavy atom. The zero-order valence-electron chi connectivity index (χ0n) is 13.4. The standard InChI is InChI=1S/C20H20FNO2/c21-17-8-6-15(7-9-17)19(10-11-19)18(23)22-13-12-20(24,14-22)16-4-2-1-3-5-16/h1-9,24H,10-14H2/t20-/m1/s1. The van der Waals surface area contributed by atoms with E-state index in [0.717, 1.165) is 24.0 Å². The van der Waals surface area contributed by atoms with Crippen LogP contribution in [0.5, 0.6) is 0 Å². The van der Waals surface area contributed by atoms with Crippen molar-refractivity contribution in [1.29, 1.82) is 0 Å². The summed E-state index contributed by atoms with van der Waals surface area (Å²) in [6, 6.07) is 15.8. The minimum absolute atomic E-state index is 0.0564. The zero-order valence-corrected chi connectivity index (χ0v) is 13.4. The topological polar surface area (TPSA) is 40.5 Å². The fourth-order valence-electron chi connectivity index (χ4n) is 3.77. The largest absolute Gasteiger partial charge is 0.383 e. The first-order chi connectivity index (χ1) is 11.5. The van der Waals surface area contributed by atoms with Crippen molar-refractivity contribution in [2.75, 3.05) is 13.1 Å². The Bertz CT molecular complexity index is 755.